The Morgan fingerprint density at radius 2 is 1.50 bits per heavy atom. The van der Waals surface area contributed by atoms with Gasteiger partial charge in [0.1, 0.15) is 24.2 Å². The summed E-state index contributed by atoms with van der Waals surface area (Å²) in [7, 11) is 0. The third-order valence-electron chi connectivity index (χ3n) is 7.25. The van der Waals surface area contributed by atoms with E-state index in [1.54, 1.807) is 37.3 Å². The third kappa shape index (κ3) is 18.5. The van der Waals surface area contributed by atoms with Gasteiger partial charge in [0.25, 0.3) is 0 Å². The molecule has 1 rings (SSSR count). The van der Waals surface area contributed by atoms with E-state index in [1.165, 1.54) is 25.3 Å². The van der Waals surface area contributed by atoms with Crippen molar-refractivity contribution in [1.82, 2.24) is 5.32 Å². The van der Waals surface area contributed by atoms with Crippen LogP contribution in [0.2, 0.25) is 0 Å². The largest absolute Gasteiger partial charge is 0.481 e. The molecule has 0 aliphatic heterocycles. The van der Waals surface area contributed by atoms with E-state index >= 15 is 0 Å². The van der Waals surface area contributed by atoms with Crippen LogP contribution in [0.15, 0.2) is 36.4 Å². The van der Waals surface area contributed by atoms with E-state index < -0.39 is 35.4 Å². The van der Waals surface area contributed by atoms with Gasteiger partial charge in [-0.1, -0.05) is 75.7 Å². The summed E-state index contributed by atoms with van der Waals surface area (Å²) in [6.07, 6.45) is 14.0. The molecule has 0 saturated carbocycles. The van der Waals surface area contributed by atoms with Crippen molar-refractivity contribution in [3.8, 4) is 17.6 Å². The van der Waals surface area contributed by atoms with Crippen molar-refractivity contribution in [2.75, 3.05) is 6.61 Å². The molecule has 1 aromatic carbocycles. The average Bonchev–Trinajstić information content (AvgIpc) is 3.00. The summed E-state index contributed by atoms with van der Waals surface area (Å²) in [5.74, 6) is 1.08. The van der Waals surface area contributed by atoms with Crippen LogP contribution in [-0.2, 0) is 35.2 Å². The van der Waals surface area contributed by atoms with Crippen LogP contribution in [0.3, 0.4) is 0 Å². The number of carbonyl (C=O) groups excluding carboxylic acids is 4. The van der Waals surface area contributed by atoms with Crippen molar-refractivity contribution < 1.29 is 48.8 Å². The highest BCUT2D eigenvalue weighted by atomic mass is 16.5. The zero-order chi connectivity index (χ0) is 34.8. The minimum atomic E-state index is -2.44. The molecule has 0 heterocycles. The van der Waals surface area contributed by atoms with E-state index in [0.717, 1.165) is 45.4 Å². The molecule has 3 atom stereocenters. The number of amides is 1. The number of carboxylic acid groups (broad SMARTS) is 2. The van der Waals surface area contributed by atoms with Gasteiger partial charge < -0.3 is 25.4 Å². The fraction of sp³-hybridized carbons (Fsp3) is 0.571. The number of allylic oxidation sites excluding steroid dienone is 1. The van der Waals surface area contributed by atoms with Gasteiger partial charge in [-0.2, -0.15) is 9.59 Å². The molecule has 0 bridgehead atoms. The van der Waals surface area contributed by atoms with Gasteiger partial charge in [-0.05, 0) is 57.2 Å². The maximum absolute atomic E-state index is 13.1. The first-order chi connectivity index (χ1) is 21.9. The smallest absolute Gasteiger partial charge is 0.373 e. The molecule has 1 amide bonds. The van der Waals surface area contributed by atoms with Gasteiger partial charge in [0.05, 0.1) is 5.92 Å². The van der Waals surface area contributed by atoms with Gasteiger partial charge in [-0.25, -0.2) is 9.59 Å². The lowest BCUT2D eigenvalue weighted by molar-refractivity contribution is -0.191. The highest BCUT2D eigenvalue weighted by molar-refractivity contribution is 5.92. The third-order valence-corrected chi connectivity index (χ3v) is 7.25. The number of ether oxygens (including phenoxy) is 1. The number of carbonyl (C=O) groups is 4. The topological polar surface area (TPSA) is 184 Å². The minimum absolute atomic E-state index is 0.0525. The zero-order valence-corrected chi connectivity index (χ0v) is 27.2. The molecule has 0 saturated heterocycles. The molecule has 0 unspecified atom stereocenters. The molecule has 254 valence electrons. The first kappa shape index (κ1) is 41.7. The van der Waals surface area contributed by atoms with Crippen molar-refractivity contribution in [2.24, 2.45) is 5.92 Å². The van der Waals surface area contributed by atoms with Crippen LogP contribution in [0.5, 0.6) is 5.75 Å². The molecule has 0 radical (unpaired) electrons. The number of rotatable bonds is 23. The lowest BCUT2D eigenvalue weighted by atomic mass is 9.87. The number of aliphatic carboxylic acids is 2. The predicted molar refractivity (Wildman–Crippen MR) is 171 cm³/mol. The van der Waals surface area contributed by atoms with E-state index in [0.29, 0.717) is 36.4 Å². The van der Waals surface area contributed by atoms with E-state index in [9.17, 15) is 34.5 Å². The highest BCUT2D eigenvalue weighted by Crippen LogP contribution is 2.22. The van der Waals surface area contributed by atoms with E-state index in [-0.39, 0.29) is 19.2 Å². The number of aliphatic hydroxyl groups is 1. The average molecular weight is 644 g/mol. The number of hydrogen-bond acceptors (Lipinski definition) is 8. The number of hydrogen-bond donors (Lipinski definition) is 4. The Morgan fingerprint density at radius 3 is 2.02 bits per heavy atom. The van der Waals surface area contributed by atoms with Crippen molar-refractivity contribution >= 4 is 29.8 Å². The zero-order valence-electron chi connectivity index (χ0n) is 27.2. The summed E-state index contributed by atoms with van der Waals surface area (Å²) in [5, 5.41) is 32.3. The van der Waals surface area contributed by atoms with Crippen molar-refractivity contribution in [2.45, 2.75) is 116 Å². The number of benzene rings is 1. The highest BCUT2D eigenvalue weighted by Gasteiger charge is 2.43. The second kappa shape index (κ2) is 25.0. The number of unbranched alkanes of at least 4 members (excludes halogenated alkanes) is 8. The molecule has 4 N–H and O–H groups in total. The second-order valence-corrected chi connectivity index (χ2v) is 11.1. The fourth-order valence-electron chi connectivity index (χ4n) is 4.49. The quantitative estimate of drug-likeness (QED) is 0.0727. The molecule has 0 fully saturated rings. The Kier molecular flexibility index (Phi) is 22.7. The van der Waals surface area contributed by atoms with Gasteiger partial charge in [0.15, 0.2) is 5.60 Å². The molecule has 46 heavy (non-hydrogen) atoms. The molecule has 0 aliphatic carbocycles. The summed E-state index contributed by atoms with van der Waals surface area (Å²) in [6, 6.07) is 5.34. The molecule has 11 heteroatoms. The van der Waals surface area contributed by atoms with E-state index in [4.69, 9.17) is 14.3 Å². The van der Waals surface area contributed by atoms with Crippen molar-refractivity contribution in [1.29, 1.82) is 0 Å². The molecular formula is C35H49NO10. The van der Waals surface area contributed by atoms with Crippen molar-refractivity contribution in [3.63, 3.8) is 0 Å². The maximum Gasteiger partial charge on any atom is 0.373 e. The summed E-state index contributed by atoms with van der Waals surface area (Å²) in [6.45, 7) is 5.11. The van der Waals surface area contributed by atoms with Crippen molar-refractivity contribution in [3.05, 3.63) is 42.0 Å². The maximum atomic E-state index is 13.1. The van der Waals surface area contributed by atoms with Crippen LogP contribution in [-0.4, -0.2) is 63.3 Å². The number of nitrogens with one attached hydrogen (secondary N) is 1. The molecule has 0 aromatic heterocycles. The number of carboxylic acids is 2. The molecule has 1 aromatic rings. The van der Waals surface area contributed by atoms with Crippen LogP contribution in [0.1, 0.15) is 103 Å². The van der Waals surface area contributed by atoms with E-state index in [1.807, 2.05) is 0 Å². The fourth-order valence-corrected chi connectivity index (χ4v) is 4.49. The van der Waals surface area contributed by atoms with Crippen LogP contribution < -0.4 is 10.1 Å². The number of Topliss-reactive ketones (excluding diaryl/α,β-unsaturated/α-hetero) is 1. The Labute approximate surface area is 271 Å². The summed E-state index contributed by atoms with van der Waals surface area (Å²) in [4.78, 5) is 65.0. The predicted octanol–water partition coefficient (Wildman–Crippen LogP) is 4.90. The Bertz CT molecular complexity index is 1190. The summed E-state index contributed by atoms with van der Waals surface area (Å²) >= 11 is 0. The van der Waals surface area contributed by atoms with E-state index in [2.05, 4.69) is 24.1 Å². The lowest BCUT2D eigenvalue weighted by Gasteiger charge is -2.27. The molecule has 0 aliphatic rings. The van der Waals surface area contributed by atoms with Gasteiger partial charge in [-0.15, -0.1) is 5.92 Å². The Balaban J connectivity index is 0.00000647. The van der Waals surface area contributed by atoms with Gasteiger partial charge in [0.2, 0.25) is 5.91 Å². The van der Waals surface area contributed by atoms with Gasteiger partial charge in [0, 0.05) is 19.3 Å². The molecule has 11 nitrogen and oxygen atoms in total. The standard InChI is InChI=1S/C34H49NO8.CO2/c1-4-6-8-11-14-17-27(36)18-15-12-9-10-13-16-19-29(34(3,42)33(40)41)31(37)35-30(32(38)39)25-26-20-22-28(23-21-26)43-24-7-5-2;2-1-3/h16,19-23,29-30,42H,4,6,8-15,17-18,24-25H2,1-3H3,(H,35,37)(H,38,39)(H,40,41);/b19-16+;/t29-,30+,34+;/m1./s1. The Morgan fingerprint density at radius 1 is 0.935 bits per heavy atom. The second-order valence-electron chi connectivity index (χ2n) is 11.1. The molecular weight excluding hydrogens is 594 g/mol. The minimum Gasteiger partial charge on any atom is -0.481 e. The van der Waals surface area contributed by atoms with Crippen LogP contribution in [0.4, 0.5) is 0 Å². The van der Waals surface area contributed by atoms with Crippen LogP contribution in [0, 0.1) is 17.8 Å². The lowest BCUT2D eigenvalue weighted by Crippen LogP contribution is -2.53. The van der Waals surface area contributed by atoms with Crippen LogP contribution in [0.25, 0.3) is 0 Å². The normalized spacial score (nSPS) is 13.0. The Hall–Kier alpha value is -4.26. The first-order valence-electron chi connectivity index (χ1n) is 15.7. The molecule has 0 spiro atoms. The monoisotopic (exact) mass is 643 g/mol. The summed E-state index contributed by atoms with van der Waals surface area (Å²) < 4.78 is 5.45. The SMILES string of the molecule is CC#CCOc1ccc(C[C@H](NC(=O)[C@@H](/C=C/CCCCCCC(=O)CCCCCCC)[C@](C)(O)C(=O)O)C(=O)O)cc1.O=C=O. The van der Waals surface area contributed by atoms with Gasteiger partial charge in [-0.3, -0.25) is 9.59 Å². The summed E-state index contributed by atoms with van der Waals surface area (Å²) in [5.41, 5.74) is -1.83. The van der Waals surface area contributed by atoms with Crippen LogP contribution >= 0.6 is 0 Å². The number of ketones is 1. The first-order valence-corrected chi connectivity index (χ1v) is 15.7. The van der Waals surface area contributed by atoms with Gasteiger partial charge >= 0.3 is 18.1 Å².